The molecule has 1 aromatic rings. The Morgan fingerprint density at radius 1 is 1.29 bits per heavy atom. The van der Waals surface area contributed by atoms with Gasteiger partial charge in [0.1, 0.15) is 5.75 Å². The van der Waals surface area contributed by atoms with Gasteiger partial charge in [0.25, 0.3) is 0 Å². The van der Waals surface area contributed by atoms with Gasteiger partial charge in [-0.3, -0.25) is 4.79 Å². The Morgan fingerprint density at radius 2 is 2.06 bits per heavy atom. The highest BCUT2D eigenvalue weighted by Gasteiger charge is 2.12. The number of ether oxygens (including phenoxy) is 2. The Balaban J connectivity index is 2.97. The molecule has 0 spiro atoms. The van der Waals surface area contributed by atoms with Crippen molar-refractivity contribution in [1.82, 2.24) is 4.98 Å². The summed E-state index contributed by atoms with van der Waals surface area (Å²) in [5, 5.41) is 0. The highest BCUT2D eigenvalue weighted by molar-refractivity contribution is 5.79. The molecule has 0 fully saturated rings. The van der Waals surface area contributed by atoms with Gasteiger partial charge in [0, 0.05) is 0 Å². The van der Waals surface area contributed by atoms with Gasteiger partial charge < -0.3 is 9.47 Å². The summed E-state index contributed by atoms with van der Waals surface area (Å²) in [6, 6.07) is 1.68. The van der Waals surface area contributed by atoms with E-state index in [4.69, 9.17) is 9.47 Å². The summed E-state index contributed by atoms with van der Waals surface area (Å²) in [4.78, 5) is 15.2. The Kier molecular flexibility index (Phi) is 5.46. The Bertz CT molecular complexity index is 377. The molecule has 0 aliphatic rings. The molecule has 4 nitrogen and oxygen atoms in total. The average molecular weight is 237 g/mol. The van der Waals surface area contributed by atoms with Crippen LogP contribution >= 0.6 is 0 Å². The zero-order valence-electron chi connectivity index (χ0n) is 10.7. The SMILES string of the molecule is CCCCCc1nc(OC)c(C=O)cc1OC. The number of methoxy groups -OCH3 is 2. The highest BCUT2D eigenvalue weighted by Crippen LogP contribution is 2.25. The van der Waals surface area contributed by atoms with Crippen molar-refractivity contribution in [1.29, 1.82) is 0 Å². The minimum atomic E-state index is 0.368. The molecular weight excluding hydrogens is 218 g/mol. The maximum Gasteiger partial charge on any atom is 0.224 e. The van der Waals surface area contributed by atoms with Crippen molar-refractivity contribution in [3.05, 3.63) is 17.3 Å². The number of pyridine rings is 1. The van der Waals surface area contributed by atoms with Crippen molar-refractivity contribution >= 4 is 6.29 Å². The zero-order valence-corrected chi connectivity index (χ0v) is 10.7. The van der Waals surface area contributed by atoms with Crippen LogP contribution in [0, 0.1) is 0 Å². The van der Waals surface area contributed by atoms with E-state index in [1.807, 2.05) is 0 Å². The van der Waals surface area contributed by atoms with Gasteiger partial charge in [-0.2, -0.15) is 0 Å². The summed E-state index contributed by atoms with van der Waals surface area (Å²) in [6.07, 6.45) is 4.94. The molecule has 4 heteroatoms. The summed E-state index contributed by atoms with van der Waals surface area (Å²) in [5.41, 5.74) is 1.27. The van der Waals surface area contributed by atoms with Crippen LogP contribution in [0.25, 0.3) is 0 Å². The van der Waals surface area contributed by atoms with Crippen molar-refractivity contribution in [3.8, 4) is 11.6 Å². The van der Waals surface area contributed by atoms with Gasteiger partial charge in [-0.05, 0) is 18.9 Å². The van der Waals surface area contributed by atoms with E-state index >= 15 is 0 Å². The molecule has 0 saturated carbocycles. The van der Waals surface area contributed by atoms with Gasteiger partial charge in [-0.1, -0.05) is 19.8 Å². The monoisotopic (exact) mass is 237 g/mol. The lowest BCUT2D eigenvalue weighted by atomic mass is 10.1. The second kappa shape index (κ2) is 6.89. The van der Waals surface area contributed by atoms with Crippen LogP contribution in [0.3, 0.4) is 0 Å². The van der Waals surface area contributed by atoms with Gasteiger partial charge in [-0.25, -0.2) is 4.98 Å². The Morgan fingerprint density at radius 3 is 2.59 bits per heavy atom. The molecule has 0 saturated heterocycles. The molecule has 0 unspecified atom stereocenters. The summed E-state index contributed by atoms with van der Waals surface area (Å²) >= 11 is 0. The Hall–Kier alpha value is -1.58. The fraction of sp³-hybridized carbons (Fsp3) is 0.538. The summed E-state index contributed by atoms with van der Waals surface area (Å²) in [5.74, 6) is 1.02. The number of carbonyl (C=O) groups is 1. The summed E-state index contributed by atoms with van der Waals surface area (Å²) in [7, 11) is 3.10. The molecule has 0 aromatic carbocycles. The van der Waals surface area contributed by atoms with E-state index in [0.29, 0.717) is 17.2 Å². The first kappa shape index (κ1) is 13.5. The van der Waals surface area contributed by atoms with Crippen LogP contribution in [0.5, 0.6) is 11.6 Å². The fourth-order valence-corrected chi connectivity index (χ4v) is 1.67. The molecule has 17 heavy (non-hydrogen) atoms. The second-order valence-electron chi connectivity index (χ2n) is 3.81. The number of unbranched alkanes of at least 4 members (excludes halogenated alkanes) is 2. The number of carbonyl (C=O) groups excluding carboxylic acids is 1. The van der Waals surface area contributed by atoms with E-state index in [9.17, 15) is 4.79 Å². The third kappa shape index (κ3) is 3.44. The molecule has 0 bridgehead atoms. The summed E-state index contributed by atoms with van der Waals surface area (Å²) in [6.45, 7) is 2.15. The number of rotatable bonds is 7. The molecule has 0 aliphatic carbocycles. The van der Waals surface area contributed by atoms with Gasteiger partial charge in [0.15, 0.2) is 6.29 Å². The van der Waals surface area contributed by atoms with Gasteiger partial charge in [-0.15, -0.1) is 0 Å². The maximum atomic E-state index is 10.9. The lowest BCUT2D eigenvalue weighted by molar-refractivity contribution is 0.111. The van der Waals surface area contributed by atoms with Gasteiger partial charge in [0.2, 0.25) is 5.88 Å². The van der Waals surface area contributed by atoms with Gasteiger partial charge in [0.05, 0.1) is 25.5 Å². The van der Waals surface area contributed by atoms with Crippen molar-refractivity contribution in [2.45, 2.75) is 32.6 Å². The second-order valence-corrected chi connectivity index (χ2v) is 3.81. The minimum absolute atomic E-state index is 0.368. The van der Waals surface area contributed by atoms with E-state index in [-0.39, 0.29) is 0 Å². The first-order chi connectivity index (χ1) is 8.26. The standard InChI is InChI=1S/C13H19NO3/c1-4-5-6-7-11-12(16-2)8-10(9-15)13(14-11)17-3/h8-9H,4-7H2,1-3H3. The van der Waals surface area contributed by atoms with Crippen LogP contribution in [0.4, 0.5) is 0 Å². The van der Waals surface area contributed by atoms with Crippen LogP contribution in [0.1, 0.15) is 42.2 Å². The number of nitrogens with zero attached hydrogens (tertiary/aromatic N) is 1. The molecule has 1 heterocycles. The Labute approximate surface area is 102 Å². The molecular formula is C13H19NO3. The van der Waals surface area contributed by atoms with Crippen LogP contribution < -0.4 is 9.47 Å². The third-order valence-electron chi connectivity index (χ3n) is 2.61. The van der Waals surface area contributed by atoms with Crippen LogP contribution in [0.15, 0.2) is 6.07 Å². The van der Waals surface area contributed by atoms with Gasteiger partial charge >= 0.3 is 0 Å². The predicted molar refractivity (Wildman–Crippen MR) is 66.0 cm³/mol. The normalized spacial score (nSPS) is 10.1. The van der Waals surface area contributed by atoms with Crippen LogP contribution in [-0.4, -0.2) is 25.5 Å². The molecule has 1 aromatic heterocycles. The highest BCUT2D eigenvalue weighted by atomic mass is 16.5. The van der Waals surface area contributed by atoms with E-state index in [0.717, 1.165) is 37.7 Å². The van der Waals surface area contributed by atoms with Crippen molar-refractivity contribution < 1.29 is 14.3 Å². The van der Waals surface area contributed by atoms with E-state index in [1.54, 1.807) is 13.2 Å². The third-order valence-corrected chi connectivity index (χ3v) is 2.61. The molecule has 0 N–H and O–H groups in total. The smallest absolute Gasteiger partial charge is 0.224 e. The minimum Gasteiger partial charge on any atom is -0.495 e. The van der Waals surface area contributed by atoms with Crippen LogP contribution in [0.2, 0.25) is 0 Å². The van der Waals surface area contributed by atoms with E-state index in [1.165, 1.54) is 7.11 Å². The molecule has 0 aliphatic heterocycles. The number of aromatic nitrogens is 1. The van der Waals surface area contributed by atoms with Crippen molar-refractivity contribution in [2.75, 3.05) is 14.2 Å². The summed E-state index contributed by atoms with van der Waals surface area (Å²) < 4.78 is 10.3. The maximum absolute atomic E-state index is 10.9. The number of hydrogen-bond donors (Lipinski definition) is 0. The van der Waals surface area contributed by atoms with E-state index in [2.05, 4.69) is 11.9 Å². The number of aldehydes is 1. The molecule has 0 amide bonds. The number of hydrogen-bond acceptors (Lipinski definition) is 4. The fourth-order valence-electron chi connectivity index (χ4n) is 1.67. The molecule has 0 radical (unpaired) electrons. The zero-order chi connectivity index (χ0) is 12.7. The molecule has 0 atom stereocenters. The lowest BCUT2D eigenvalue weighted by Crippen LogP contribution is -2.02. The predicted octanol–water partition coefficient (Wildman–Crippen LogP) is 2.64. The van der Waals surface area contributed by atoms with Crippen LogP contribution in [-0.2, 0) is 6.42 Å². The first-order valence-corrected chi connectivity index (χ1v) is 5.83. The quantitative estimate of drug-likeness (QED) is 0.540. The lowest BCUT2D eigenvalue weighted by Gasteiger charge is -2.11. The first-order valence-electron chi connectivity index (χ1n) is 5.83. The van der Waals surface area contributed by atoms with Crippen molar-refractivity contribution in [3.63, 3.8) is 0 Å². The largest absolute Gasteiger partial charge is 0.495 e. The van der Waals surface area contributed by atoms with Crippen molar-refractivity contribution in [2.24, 2.45) is 0 Å². The average Bonchev–Trinajstić information content (AvgIpc) is 2.38. The van der Waals surface area contributed by atoms with E-state index < -0.39 is 0 Å². The molecule has 1 rings (SSSR count). The molecule has 94 valence electrons. The topological polar surface area (TPSA) is 48.4 Å². The number of aryl methyl sites for hydroxylation is 1.